The molecule has 0 saturated heterocycles. The molecule has 0 aliphatic heterocycles. The molecule has 4 nitrogen and oxygen atoms in total. The number of Topliss-reactive ketones (excluding diaryl/α,β-unsaturated/α-hetero) is 1. The Morgan fingerprint density at radius 2 is 2.25 bits per heavy atom. The van der Waals surface area contributed by atoms with Crippen molar-refractivity contribution in [1.29, 1.82) is 5.26 Å². The predicted molar refractivity (Wildman–Crippen MR) is 56.7 cm³/mol. The molecule has 4 heteroatoms. The van der Waals surface area contributed by atoms with E-state index in [0.717, 1.165) is 11.1 Å². The summed E-state index contributed by atoms with van der Waals surface area (Å²) in [6.45, 7) is 0. The highest BCUT2D eigenvalue weighted by Crippen LogP contribution is 2.42. The summed E-state index contributed by atoms with van der Waals surface area (Å²) in [5, 5.41) is 13.4. The number of rotatable bonds is 1. The van der Waals surface area contributed by atoms with Crippen LogP contribution in [0.25, 0.3) is 5.52 Å². The van der Waals surface area contributed by atoms with Crippen LogP contribution in [-0.4, -0.2) is 15.4 Å². The minimum atomic E-state index is -0.639. The molecule has 0 radical (unpaired) electrons. The van der Waals surface area contributed by atoms with Crippen LogP contribution in [0.3, 0.4) is 0 Å². The predicted octanol–water partition coefficient (Wildman–Crippen LogP) is 1.46. The number of ketones is 1. The molecule has 1 fully saturated rings. The lowest BCUT2D eigenvalue weighted by atomic mass is 9.65. The topological polar surface area (TPSA) is 58.2 Å². The number of nitrogens with zero attached hydrogens (tertiary/aromatic N) is 3. The van der Waals surface area contributed by atoms with Crippen molar-refractivity contribution in [3.8, 4) is 6.07 Å². The first-order chi connectivity index (χ1) is 7.75. The SMILES string of the molecule is N#CC1(c2cnn3ccccc23)CC(=O)C1. The number of nitriles is 1. The molecule has 3 rings (SSSR count). The van der Waals surface area contributed by atoms with Crippen LogP contribution in [0.4, 0.5) is 0 Å². The summed E-state index contributed by atoms with van der Waals surface area (Å²) in [5.74, 6) is 0.150. The van der Waals surface area contributed by atoms with Crippen LogP contribution in [-0.2, 0) is 10.2 Å². The van der Waals surface area contributed by atoms with Crippen molar-refractivity contribution < 1.29 is 4.79 Å². The molecule has 2 aromatic heterocycles. The normalized spacial score (nSPS) is 18.1. The van der Waals surface area contributed by atoms with Gasteiger partial charge in [-0.15, -0.1) is 0 Å². The van der Waals surface area contributed by atoms with Gasteiger partial charge in [0, 0.05) is 24.6 Å². The molecule has 0 bridgehead atoms. The number of aromatic nitrogens is 2. The fourth-order valence-electron chi connectivity index (χ4n) is 2.25. The Hall–Kier alpha value is -2.15. The monoisotopic (exact) mass is 211 g/mol. The molecule has 78 valence electrons. The lowest BCUT2D eigenvalue weighted by Gasteiger charge is -2.32. The first kappa shape index (κ1) is 9.10. The molecular weight excluding hydrogens is 202 g/mol. The third kappa shape index (κ3) is 1.03. The van der Waals surface area contributed by atoms with E-state index < -0.39 is 5.41 Å². The number of pyridine rings is 1. The van der Waals surface area contributed by atoms with E-state index in [1.807, 2.05) is 24.4 Å². The third-order valence-electron chi connectivity index (χ3n) is 3.15. The second-order valence-electron chi connectivity index (χ2n) is 4.17. The molecule has 0 unspecified atom stereocenters. The van der Waals surface area contributed by atoms with Crippen LogP contribution in [0.15, 0.2) is 30.6 Å². The highest BCUT2D eigenvalue weighted by Gasteiger charge is 2.47. The van der Waals surface area contributed by atoms with Gasteiger partial charge in [-0.25, -0.2) is 4.52 Å². The van der Waals surface area contributed by atoms with Gasteiger partial charge in [-0.05, 0) is 12.1 Å². The van der Waals surface area contributed by atoms with Gasteiger partial charge in [0.2, 0.25) is 0 Å². The molecular formula is C12H9N3O. The maximum atomic E-state index is 11.1. The molecule has 0 spiro atoms. The van der Waals surface area contributed by atoms with Crippen LogP contribution in [0.5, 0.6) is 0 Å². The van der Waals surface area contributed by atoms with E-state index in [-0.39, 0.29) is 5.78 Å². The standard InChI is InChI=1S/C12H9N3O/c13-8-12(5-9(16)6-12)10-7-14-15-4-2-1-3-11(10)15/h1-4,7H,5-6H2. The number of hydrogen-bond acceptors (Lipinski definition) is 3. The van der Waals surface area contributed by atoms with E-state index >= 15 is 0 Å². The van der Waals surface area contributed by atoms with Gasteiger partial charge >= 0.3 is 0 Å². The summed E-state index contributed by atoms with van der Waals surface area (Å²) >= 11 is 0. The van der Waals surface area contributed by atoms with E-state index in [9.17, 15) is 10.1 Å². The van der Waals surface area contributed by atoms with Gasteiger partial charge in [0.1, 0.15) is 5.78 Å². The molecule has 1 aliphatic carbocycles. The quantitative estimate of drug-likeness (QED) is 0.717. The number of hydrogen-bond donors (Lipinski definition) is 0. The zero-order valence-electron chi connectivity index (χ0n) is 8.55. The van der Waals surface area contributed by atoms with Crippen LogP contribution in [0.2, 0.25) is 0 Å². The van der Waals surface area contributed by atoms with E-state index in [0.29, 0.717) is 12.8 Å². The van der Waals surface area contributed by atoms with Crippen molar-refractivity contribution in [2.45, 2.75) is 18.3 Å². The molecule has 1 saturated carbocycles. The summed E-state index contributed by atoms with van der Waals surface area (Å²) in [6, 6.07) is 7.98. The minimum Gasteiger partial charge on any atom is -0.300 e. The summed E-state index contributed by atoms with van der Waals surface area (Å²) in [4.78, 5) is 11.1. The minimum absolute atomic E-state index is 0.150. The average molecular weight is 211 g/mol. The Morgan fingerprint density at radius 3 is 2.94 bits per heavy atom. The largest absolute Gasteiger partial charge is 0.300 e. The van der Waals surface area contributed by atoms with Crippen LogP contribution in [0, 0.1) is 11.3 Å². The Labute approximate surface area is 92.1 Å². The fourth-order valence-corrected chi connectivity index (χ4v) is 2.25. The van der Waals surface area contributed by atoms with Gasteiger partial charge < -0.3 is 0 Å². The van der Waals surface area contributed by atoms with Crippen molar-refractivity contribution in [1.82, 2.24) is 9.61 Å². The van der Waals surface area contributed by atoms with Crippen molar-refractivity contribution in [2.24, 2.45) is 0 Å². The summed E-state index contributed by atoms with van der Waals surface area (Å²) in [7, 11) is 0. The van der Waals surface area contributed by atoms with E-state index in [1.165, 1.54) is 0 Å². The van der Waals surface area contributed by atoms with Crippen molar-refractivity contribution in [3.63, 3.8) is 0 Å². The van der Waals surface area contributed by atoms with Crippen molar-refractivity contribution in [2.75, 3.05) is 0 Å². The zero-order valence-corrected chi connectivity index (χ0v) is 8.55. The van der Waals surface area contributed by atoms with Crippen LogP contribution in [0.1, 0.15) is 18.4 Å². The number of carbonyl (C=O) groups is 1. The Balaban J connectivity index is 2.20. The van der Waals surface area contributed by atoms with Crippen molar-refractivity contribution >= 4 is 11.3 Å². The molecule has 16 heavy (non-hydrogen) atoms. The van der Waals surface area contributed by atoms with Gasteiger partial charge in [-0.2, -0.15) is 10.4 Å². The van der Waals surface area contributed by atoms with E-state index in [2.05, 4.69) is 11.2 Å². The van der Waals surface area contributed by atoms with Gasteiger partial charge in [-0.3, -0.25) is 4.79 Å². The third-order valence-corrected chi connectivity index (χ3v) is 3.15. The molecule has 2 heterocycles. The number of carbonyl (C=O) groups excluding carboxylic acids is 1. The molecule has 1 aliphatic rings. The molecule has 0 atom stereocenters. The smallest absolute Gasteiger partial charge is 0.136 e. The summed E-state index contributed by atoms with van der Waals surface area (Å²) < 4.78 is 1.73. The first-order valence-electron chi connectivity index (χ1n) is 5.11. The summed E-state index contributed by atoms with van der Waals surface area (Å²) in [6.07, 6.45) is 4.18. The average Bonchev–Trinajstić information content (AvgIpc) is 2.68. The van der Waals surface area contributed by atoms with Gasteiger partial charge in [-0.1, -0.05) is 6.07 Å². The maximum Gasteiger partial charge on any atom is 0.136 e. The maximum absolute atomic E-state index is 11.1. The van der Waals surface area contributed by atoms with Gasteiger partial charge in [0.05, 0.1) is 23.2 Å². The summed E-state index contributed by atoms with van der Waals surface area (Å²) in [5.41, 5.74) is 1.15. The van der Waals surface area contributed by atoms with Crippen LogP contribution >= 0.6 is 0 Å². The van der Waals surface area contributed by atoms with E-state index in [1.54, 1.807) is 10.7 Å². The lowest BCUT2D eigenvalue weighted by molar-refractivity contribution is -0.126. The molecule has 0 N–H and O–H groups in total. The van der Waals surface area contributed by atoms with Gasteiger partial charge in [0.25, 0.3) is 0 Å². The van der Waals surface area contributed by atoms with Crippen molar-refractivity contribution in [3.05, 3.63) is 36.2 Å². The first-order valence-corrected chi connectivity index (χ1v) is 5.11. The highest BCUT2D eigenvalue weighted by molar-refractivity contribution is 5.91. The Morgan fingerprint density at radius 1 is 1.44 bits per heavy atom. The molecule has 0 amide bonds. The van der Waals surface area contributed by atoms with Gasteiger partial charge in [0.15, 0.2) is 0 Å². The van der Waals surface area contributed by atoms with E-state index in [4.69, 9.17) is 0 Å². The zero-order chi connectivity index (χ0) is 11.2. The molecule has 0 aromatic carbocycles. The second-order valence-corrected chi connectivity index (χ2v) is 4.17. The second kappa shape index (κ2) is 2.92. The Kier molecular flexibility index (Phi) is 1.66. The highest BCUT2D eigenvalue weighted by atomic mass is 16.1. The number of fused-ring (bicyclic) bond motifs is 1. The lowest BCUT2D eigenvalue weighted by Crippen LogP contribution is -2.40. The molecule has 2 aromatic rings. The Bertz CT molecular complexity index is 612. The fraction of sp³-hybridized carbons (Fsp3) is 0.250. The van der Waals surface area contributed by atoms with Crippen LogP contribution < -0.4 is 0 Å².